The molecule has 27 heavy (non-hydrogen) atoms. The van der Waals surface area contributed by atoms with Gasteiger partial charge in [0.05, 0.1) is 6.04 Å². The Morgan fingerprint density at radius 1 is 1.04 bits per heavy atom. The second-order valence-corrected chi connectivity index (χ2v) is 8.79. The summed E-state index contributed by atoms with van der Waals surface area (Å²) in [5, 5.41) is 0. The SMILES string of the molecule is Cc1ccccc1[C@@H]1CCCN1C(=O)C1CCN(C(=O)OC(C)(C)C)CC1. The fourth-order valence-electron chi connectivity index (χ4n) is 4.18. The van der Waals surface area contributed by atoms with Gasteiger partial charge in [-0.25, -0.2) is 4.79 Å². The van der Waals surface area contributed by atoms with E-state index in [9.17, 15) is 9.59 Å². The average molecular weight is 373 g/mol. The molecular weight excluding hydrogens is 340 g/mol. The molecule has 2 aliphatic rings. The van der Waals surface area contributed by atoms with Gasteiger partial charge in [0.15, 0.2) is 0 Å². The van der Waals surface area contributed by atoms with Gasteiger partial charge in [0, 0.05) is 25.6 Å². The summed E-state index contributed by atoms with van der Waals surface area (Å²) in [4.78, 5) is 29.2. The molecular formula is C22H32N2O3. The molecule has 3 rings (SSSR count). The fourth-order valence-corrected chi connectivity index (χ4v) is 4.18. The summed E-state index contributed by atoms with van der Waals surface area (Å²) in [6.45, 7) is 9.77. The predicted molar refractivity (Wildman–Crippen MR) is 105 cm³/mol. The van der Waals surface area contributed by atoms with E-state index in [2.05, 4.69) is 30.0 Å². The molecule has 0 radical (unpaired) electrons. The van der Waals surface area contributed by atoms with Crippen LogP contribution in [0.3, 0.4) is 0 Å². The summed E-state index contributed by atoms with van der Waals surface area (Å²) in [5.41, 5.74) is 2.04. The molecule has 0 aliphatic carbocycles. The first-order valence-electron chi connectivity index (χ1n) is 10.1. The molecule has 1 aromatic carbocycles. The molecule has 5 nitrogen and oxygen atoms in total. The quantitative estimate of drug-likeness (QED) is 0.777. The summed E-state index contributed by atoms with van der Waals surface area (Å²) >= 11 is 0. The van der Waals surface area contributed by atoms with Crippen molar-refractivity contribution in [1.29, 1.82) is 0 Å². The third kappa shape index (κ3) is 4.63. The summed E-state index contributed by atoms with van der Waals surface area (Å²) < 4.78 is 5.45. The van der Waals surface area contributed by atoms with Crippen molar-refractivity contribution >= 4 is 12.0 Å². The number of hydrogen-bond acceptors (Lipinski definition) is 3. The van der Waals surface area contributed by atoms with Crippen molar-refractivity contribution in [3.8, 4) is 0 Å². The number of ether oxygens (including phenoxy) is 1. The predicted octanol–water partition coefficient (Wildman–Crippen LogP) is 4.31. The number of hydrogen-bond donors (Lipinski definition) is 0. The van der Waals surface area contributed by atoms with Crippen molar-refractivity contribution in [1.82, 2.24) is 9.80 Å². The third-order valence-corrected chi connectivity index (χ3v) is 5.58. The van der Waals surface area contributed by atoms with Crippen molar-refractivity contribution in [2.75, 3.05) is 19.6 Å². The van der Waals surface area contributed by atoms with E-state index in [1.54, 1.807) is 4.90 Å². The molecule has 148 valence electrons. The molecule has 0 unspecified atom stereocenters. The lowest BCUT2D eigenvalue weighted by molar-refractivity contribution is -0.138. The Morgan fingerprint density at radius 2 is 1.70 bits per heavy atom. The molecule has 1 aromatic rings. The number of amides is 2. The van der Waals surface area contributed by atoms with Crippen molar-refractivity contribution in [3.63, 3.8) is 0 Å². The molecule has 0 bridgehead atoms. The van der Waals surface area contributed by atoms with Crippen LogP contribution in [0.4, 0.5) is 4.79 Å². The van der Waals surface area contributed by atoms with Crippen LogP contribution >= 0.6 is 0 Å². The van der Waals surface area contributed by atoms with Gasteiger partial charge in [-0.15, -0.1) is 0 Å². The zero-order chi connectivity index (χ0) is 19.6. The summed E-state index contributed by atoms with van der Waals surface area (Å²) in [7, 11) is 0. The number of nitrogens with zero attached hydrogens (tertiary/aromatic N) is 2. The van der Waals surface area contributed by atoms with Gasteiger partial charge in [-0.2, -0.15) is 0 Å². The average Bonchev–Trinajstić information content (AvgIpc) is 3.09. The van der Waals surface area contributed by atoms with Crippen LogP contribution in [0, 0.1) is 12.8 Å². The Morgan fingerprint density at radius 3 is 2.33 bits per heavy atom. The molecule has 2 saturated heterocycles. The van der Waals surface area contributed by atoms with Crippen LogP contribution in [-0.2, 0) is 9.53 Å². The van der Waals surface area contributed by atoms with Crippen molar-refractivity contribution < 1.29 is 14.3 Å². The van der Waals surface area contributed by atoms with Crippen LogP contribution < -0.4 is 0 Å². The lowest BCUT2D eigenvalue weighted by atomic mass is 9.93. The van der Waals surface area contributed by atoms with Gasteiger partial charge < -0.3 is 14.5 Å². The van der Waals surface area contributed by atoms with Gasteiger partial charge in [0.25, 0.3) is 0 Å². The largest absolute Gasteiger partial charge is 0.444 e. The first kappa shape index (κ1) is 19.7. The highest BCUT2D eigenvalue weighted by atomic mass is 16.6. The van der Waals surface area contributed by atoms with Crippen LogP contribution in [0.25, 0.3) is 0 Å². The van der Waals surface area contributed by atoms with Crippen molar-refractivity contribution in [2.24, 2.45) is 5.92 Å². The van der Waals surface area contributed by atoms with E-state index in [1.165, 1.54) is 11.1 Å². The molecule has 0 spiro atoms. The molecule has 2 fully saturated rings. The highest BCUT2D eigenvalue weighted by Gasteiger charge is 2.37. The van der Waals surface area contributed by atoms with E-state index in [4.69, 9.17) is 4.74 Å². The summed E-state index contributed by atoms with van der Waals surface area (Å²) in [5.74, 6) is 0.262. The highest BCUT2D eigenvalue weighted by Crippen LogP contribution is 2.36. The van der Waals surface area contributed by atoms with E-state index in [0.717, 1.165) is 32.2 Å². The third-order valence-electron chi connectivity index (χ3n) is 5.58. The van der Waals surface area contributed by atoms with Gasteiger partial charge in [-0.1, -0.05) is 24.3 Å². The molecule has 0 N–H and O–H groups in total. The summed E-state index contributed by atoms with van der Waals surface area (Å²) in [6.07, 6.45) is 3.26. The second-order valence-electron chi connectivity index (χ2n) is 8.79. The lowest BCUT2D eigenvalue weighted by Gasteiger charge is -2.36. The van der Waals surface area contributed by atoms with E-state index in [-0.39, 0.29) is 24.0 Å². The Hall–Kier alpha value is -2.04. The normalized spacial score (nSPS) is 21.4. The number of carbonyl (C=O) groups is 2. The monoisotopic (exact) mass is 372 g/mol. The minimum atomic E-state index is -0.486. The molecule has 2 amide bonds. The van der Waals surface area contributed by atoms with Crippen LogP contribution in [-0.4, -0.2) is 47.0 Å². The Kier molecular flexibility index (Phi) is 5.78. The van der Waals surface area contributed by atoms with Crippen molar-refractivity contribution in [2.45, 2.75) is 65.0 Å². The van der Waals surface area contributed by atoms with Crippen LogP contribution in [0.5, 0.6) is 0 Å². The number of benzene rings is 1. The van der Waals surface area contributed by atoms with Gasteiger partial charge in [0.1, 0.15) is 5.60 Å². The van der Waals surface area contributed by atoms with Crippen LogP contribution in [0.1, 0.15) is 63.6 Å². The number of carbonyl (C=O) groups excluding carboxylic acids is 2. The number of piperidine rings is 1. The first-order valence-corrected chi connectivity index (χ1v) is 10.1. The molecule has 2 aliphatic heterocycles. The molecule has 0 aromatic heterocycles. The minimum absolute atomic E-state index is 0.00769. The lowest BCUT2D eigenvalue weighted by Crippen LogP contribution is -2.45. The maximum absolute atomic E-state index is 13.2. The Bertz CT molecular complexity index is 687. The fraction of sp³-hybridized carbons (Fsp3) is 0.636. The van der Waals surface area contributed by atoms with E-state index in [0.29, 0.717) is 13.1 Å². The van der Waals surface area contributed by atoms with E-state index >= 15 is 0 Å². The number of rotatable bonds is 2. The van der Waals surface area contributed by atoms with Gasteiger partial charge in [0.2, 0.25) is 5.91 Å². The molecule has 1 atom stereocenters. The van der Waals surface area contributed by atoms with Gasteiger partial charge in [-0.05, 0) is 64.5 Å². The first-order chi connectivity index (χ1) is 12.8. The van der Waals surface area contributed by atoms with Gasteiger partial charge in [-0.3, -0.25) is 4.79 Å². The molecule has 5 heteroatoms. The van der Waals surface area contributed by atoms with E-state index in [1.807, 2.05) is 26.8 Å². The zero-order valence-electron chi connectivity index (χ0n) is 17.0. The van der Waals surface area contributed by atoms with Gasteiger partial charge >= 0.3 is 6.09 Å². The smallest absolute Gasteiger partial charge is 0.410 e. The topological polar surface area (TPSA) is 49.9 Å². The number of likely N-dealkylation sites (tertiary alicyclic amines) is 2. The minimum Gasteiger partial charge on any atom is -0.444 e. The second kappa shape index (κ2) is 7.91. The Labute approximate surface area is 162 Å². The van der Waals surface area contributed by atoms with Crippen LogP contribution in [0.2, 0.25) is 0 Å². The highest BCUT2D eigenvalue weighted by molar-refractivity contribution is 5.80. The number of aryl methyl sites for hydroxylation is 1. The zero-order valence-corrected chi connectivity index (χ0v) is 17.0. The molecule has 2 heterocycles. The Balaban J connectivity index is 1.60. The van der Waals surface area contributed by atoms with Crippen LogP contribution in [0.15, 0.2) is 24.3 Å². The van der Waals surface area contributed by atoms with Crippen molar-refractivity contribution in [3.05, 3.63) is 35.4 Å². The maximum atomic E-state index is 13.2. The van der Waals surface area contributed by atoms with E-state index < -0.39 is 5.60 Å². The standard InChI is InChI=1S/C22H32N2O3/c1-16-8-5-6-9-18(16)19-10-7-13-24(19)20(25)17-11-14-23(15-12-17)21(26)27-22(2,3)4/h5-6,8-9,17,19H,7,10-15H2,1-4H3/t19-/m0/s1. The maximum Gasteiger partial charge on any atom is 0.410 e. The summed E-state index contributed by atoms with van der Waals surface area (Å²) in [6, 6.07) is 8.57. The molecule has 0 saturated carbocycles.